The van der Waals surface area contributed by atoms with Crippen molar-refractivity contribution in [3.63, 3.8) is 0 Å². The number of primary amides is 1. The summed E-state index contributed by atoms with van der Waals surface area (Å²) >= 11 is 0. The third-order valence-electron chi connectivity index (χ3n) is 3.35. The highest BCUT2D eigenvalue weighted by Crippen LogP contribution is 2.28. The largest absolute Gasteiger partial charge is 0.507 e. The van der Waals surface area contributed by atoms with Gasteiger partial charge in [-0.05, 0) is 34.2 Å². The minimum atomic E-state index is -0.629. The molecule has 2 rings (SSSR count). The molecule has 2 aromatic carbocycles. The molecule has 0 aromatic heterocycles. The molecule has 0 aliphatic rings. The number of carbonyl (C=O) groups is 1. The van der Waals surface area contributed by atoms with Crippen LogP contribution < -0.4 is 5.73 Å². The summed E-state index contributed by atoms with van der Waals surface area (Å²) in [5.74, 6) is -0.719. The lowest BCUT2D eigenvalue weighted by atomic mass is 9.86. The Morgan fingerprint density at radius 3 is 2.05 bits per heavy atom. The maximum atomic E-state index is 11.3. The summed E-state index contributed by atoms with van der Waals surface area (Å²) in [6.07, 6.45) is 0. The van der Waals surface area contributed by atoms with Crippen LogP contribution in [0, 0.1) is 0 Å². The Kier molecular flexibility index (Phi) is 3.53. The van der Waals surface area contributed by atoms with E-state index in [1.165, 1.54) is 11.6 Å². The molecule has 0 spiro atoms. The first-order valence-electron chi connectivity index (χ1n) is 6.53. The molecule has 104 valence electrons. The van der Waals surface area contributed by atoms with Crippen LogP contribution in [0.15, 0.2) is 42.5 Å². The number of aromatic hydroxyl groups is 1. The standard InChI is InChI=1S/C17H19NO2/c1-17(2,3)13-7-4-11(5-8-13)12-6-9-15(19)14(10-12)16(18)20/h4-10,19H,1-3H3,(H2,18,20). The molecular weight excluding hydrogens is 250 g/mol. The van der Waals surface area contributed by atoms with Crippen molar-refractivity contribution < 1.29 is 9.90 Å². The zero-order valence-electron chi connectivity index (χ0n) is 12.0. The molecule has 3 N–H and O–H groups in total. The first kappa shape index (κ1) is 14.1. The van der Waals surface area contributed by atoms with Crippen LogP contribution in [0.3, 0.4) is 0 Å². The molecule has 0 heterocycles. The van der Waals surface area contributed by atoms with Crippen molar-refractivity contribution in [1.82, 2.24) is 0 Å². The van der Waals surface area contributed by atoms with Gasteiger partial charge >= 0.3 is 0 Å². The van der Waals surface area contributed by atoms with Crippen LogP contribution >= 0.6 is 0 Å². The van der Waals surface area contributed by atoms with Crippen LogP contribution in [0.1, 0.15) is 36.7 Å². The number of carbonyl (C=O) groups excluding carboxylic acids is 1. The van der Waals surface area contributed by atoms with Crippen molar-refractivity contribution in [2.24, 2.45) is 5.73 Å². The Hall–Kier alpha value is -2.29. The molecule has 0 fully saturated rings. The van der Waals surface area contributed by atoms with E-state index < -0.39 is 5.91 Å². The van der Waals surface area contributed by atoms with E-state index in [1.54, 1.807) is 12.1 Å². The third kappa shape index (κ3) is 2.82. The van der Waals surface area contributed by atoms with E-state index in [0.29, 0.717) is 0 Å². The van der Waals surface area contributed by atoms with E-state index in [9.17, 15) is 9.90 Å². The van der Waals surface area contributed by atoms with Gasteiger partial charge in [0, 0.05) is 0 Å². The normalized spacial score (nSPS) is 11.3. The van der Waals surface area contributed by atoms with Gasteiger partial charge in [0.15, 0.2) is 0 Å². The number of benzene rings is 2. The van der Waals surface area contributed by atoms with Crippen LogP contribution in [-0.2, 0) is 5.41 Å². The van der Waals surface area contributed by atoms with E-state index in [0.717, 1.165) is 11.1 Å². The number of hydrogen-bond acceptors (Lipinski definition) is 2. The third-order valence-corrected chi connectivity index (χ3v) is 3.35. The Balaban J connectivity index is 2.42. The lowest BCUT2D eigenvalue weighted by Crippen LogP contribution is -2.11. The average molecular weight is 269 g/mol. The fourth-order valence-corrected chi connectivity index (χ4v) is 2.08. The molecule has 0 bridgehead atoms. The predicted octanol–water partition coefficient (Wildman–Crippen LogP) is 3.46. The van der Waals surface area contributed by atoms with Crippen LogP contribution in [0.25, 0.3) is 11.1 Å². The summed E-state index contributed by atoms with van der Waals surface area (Å²) in [6, 6.07) is 13.1. The topological polar surface area (TPSA) is 63.3 Å². The second-order valence-electron chi connectivity index (χ2n) is 5.92. The molecule has 20 heavy (non-hydrogen) atoms. The molecule has 3 heteroatoms. The first-order valence-corrected chi connectivity index (χ1v) is 6.53. The Labute approximate surface area is 119 Å². The van der Waals surface area contributed by atoms with Crippen molar-refractivity contribution in [2.75, 3.05) is 0 Å². The van der Waals surface area contributed by atoms with Gasteiger partial charge in [-0.1, -0.05) is 51.1 Å². The van der Waals surface area contributed by atoms with Crippen LogP contribution in [0.2, 0.25) is 0 Å². The van der Waals surface area contributed by atoms with E-state index in [2.05, 4.69) is 32.9 Å². The highest BCUT2D eigenvalue weighted by Gasteiger charge is 2.14. The molecule has 3 nitrogen and oxygen atoms in total. The molecule has 0 aliphatic carbocycles. The quantitative estimate of drug-likeness (QED) is 0.877. The highest BCUT2D eigenvalue weighted by molar-refractivity contribution is 5.96. The van der Waals surface area contributed by atoms with Crippen molar-refractivity contribution >= 4 is 5.91 Å². The van der Waals surface area contributed by atoms with Gasteiger partial charge < -0.3 is 10.8 Å². The molecule has 0 atom stereocenters. The second kappa shape index (κ2) is 5.00. The number of nitrogens with two attached hydrogens (primary N) is 1. The van der Waals surface area contributed by atoms with Crippen molar-refractivity contribution in [3.05, 3.63) is 53.6 Å². The fraction of sp³-hybridized carbons (Fsp3) is 0.235. The molecule has 2 aromatic rings. The average Bonchev–Trinajstić information content (AvgIpc) is 2.38. The summed E-state index contributed by atoms with van der Waals surface area (Å²) in [5.41, 5.74) is 8.58. The Bertz CT molecular complexity index is 637. The maximum Gasteiger partial charge on any atom is 0.252 e. The van der Waals surface area contributed by atoms with Gasteiger partial charge in [0.2, 0.25) is 0 Å². The lowest BCUT2D eigenvalue weighted by molar-refractivity contribution is 0.0998. The van der Waals surface area contributed by atoms with Crippen molar-refractivity contribution in [1.29, 1.82) is 0 Å². The minimum absolute atomic E-state index is 0.0902. The van der Waals surface area contributed by atoms with E-state index in [1.807, 2.05) is 12.1 Å². The molecular formula is C17H19NO2. The summed E-state index contributed by atoms with van der Waals surface area (Å²) in [5, 5.41) is 9.60. The zero-order chi connectivity index (χ0) is 14.9. The van der Waals surface area contributed by atoms with Crippen LogP contribution in [-0.4, -0.2) is 11.0 Å². The molecule has 0 saturated heterocycles. The summed E-state index contributed by atoms with van der Waals surface area (Å²) in [6.45, 7) is 6.48. The van der Waals surface area contributed by atoms with Gasteiger partial charge in [-0.2, -0.15) is 0 Å². The zero-order valence-corrected chi connectivity index (χ0v) is 12.0. The van der Waals surface area contributed by atoms with E-state index in [4.69, 9.17) is 5.73 Å². The minimum Gasteiger partial charge on any atom is -0.507 e. The van der Waals surface area contributed by atoms with Crippen LogP contribution in [0.4, 0.5) is 0 Å². The van der Waals surface area contributed by atoms with Gasteiger partial charge in [0.05, 0.1) is 5.56 Å². The molecule has 0 unspecified atom stereocenters. The van der Waals surface area contributed by atoms with Gasteiger partial charge in [-0.3, -0.25) is 4.79 Å². The number of amides is 1. The van der Waals surface area contributed by atoms with Crippen molar-refractivity contribution in [3.8, 4) is 16.9 Å². The monoisotopic (exact) mass is 269 g/mol. The van der Waals surface area contributed by atoms with Crippen LogP contribution in [0.5, 0.6) is 5.75 Å². The summed E-state index contributed by atoms with van der Waals surface area (Å²) < 4.78 is 0. The fourth-order valence-electron chi connectivity index (χ4n) is 2.08. The molecule has 0 radical (unpaired) electrons. The number of rotatable bonds is 2. The SMILES string of the molecule is CC(C)(C)c1ccc(-c2ccc(O)c(C(N)=O)c2)cc1. The second-order valence-corrected chi connectivity index (χ2v) is 5.92. The smallest absolute Gasteiger partial charge is 0.252 e. The van der Waals surface area contributed by atoms with Gasteiger partial charge in [0.1, 0.15) is 5.75 Å². The van der Waals surface area contributed by atoms with Gasteiger partial charge in [0.25, 0.3) is 5.91 Å². The van der Waals surface area contributed by atoms with Crippen molar-refractivity contribution in [2.45, 2.75) is 26.2 Å². The predicted molar refractivity (Wildman–Crippen MR) is 80.8 cm³/mol. The maximum absolute atomic E-state index is 11.3. The molecule has 0 saturated carbocycles. The van der Waals surface area contributed by atoms with E-state index in [-0.39, 0.29) is 16.7 Å². The summed E-state index contributed by atoms with van der Waals surface area (Å²) in [7, 11) is 0. The number of phenols is 1. The Morgan fingerprint density at radius 2 is 1.55 bits per heavy atom. The molecule has 0 aliphatic heterocycles. The van der Waals surface area contributed by atoms with Gasteiger partial charge in [-0.15, -0.1) is 0 Å². The van der Waals surface area contributed by atoms with E-state index >= 15 is 0 Å². The Morgan fingerprint density at radius 1 is 1.00 bits per heavy atom. The lowest BCUT2D eigenvalue weighted by Gasteiger charge is -2.19. The first-order chi connectivity index (χ1) is 9.29. The van der Waals surface area contributed by atoms with Gasteiger partial charge in [-0.25, -0.2) is 0 Å². The summed E-state index contributed by atoms with van der Waals surface area (Å²) in [4.78, 5) is 11.3. The molecule has 1 amide bonds. The highest BCUT2D eigenvalue weighted by atomic mass is 16.3. The number of hydrogen-bond donors (Lipinski definition) is 2.